The Labute approximate surface area is 408 Å². The van der Waals surface area contributed by atoms with E-state index in [4.69, 9.17) is 19.5 Å². The first kappa shape index (κ1) is 43.4. The van der Waals surface area contributed by atoms with E-state index in [0.717, 1.165) is 22.7 Å². The van der Waals surface area contributed by atoms with E-state index in [1.54, 1.807) is 48.6 Å². The van der Waals surface area contributed by atoms with Crippen molar-refractivity contribution in [3.05, 3.63) is 164 Å². The molecule has 16 heteroatoms. The summed E-state index contributed by atoms with van der Waals surface area (Å²) in [6.07, 6.45) is 9.77. The fraction of sp³-hybridized carbons (Fsp3) is 0.132. The van der Waals surface area contributed by atoms with Crippen molar-refractivity contribution in [2.75, 3.05) is 0 Å². The number of carbonyl (C=O) groups is 4. The van der Waals surface area contributed by atoms with E-state index in [2.05, 4.69) is 0 Å². The van der Waals surface area contributed by atoms with Crippen LogP contribution in [0.5, 0.6) is 0 Å². The normalized spacial score (nSPS) is 17.4. The van der Waals surface area contributed by atoms with Crippen molar-refractivity contribution in [2.45, 2.75) is 44.3 Å². The Hall–Kier alpha value is -8.22. The first-order chi connectivity index (χ1) is 33.7. The molecule has 2 fully saturated rings. The van der Waals surface area contributed by atoms with E-state index in [-0.39, 0.29) is 46.9 Å². The molecule has 0 unspecified atom stereocenters. The molecule has 0 aliphatic heterocycles. The van der Waals surface area contributed by atoms with Crippen LogP contribution in [-0.4, -0.2) is 34.9 Å². The van der Waals surface area contributed by atoms with Gasteiger partial charge in [-0.3, -0.25) is 19.2 Å². The summed E-state index contributed by atoms with van der Waals surface area (Å²) < 4.78 is 14.8. The third-order valence-electron chi connectivity index (χ3n) is 12.3. The van der Waals surface area contributed by atoms with E-state index in [1.807, 2.05) is 72.8 Å². The van der Waals surface area contributed by atoms with Gasteiger partial charge in [0.1, 0.15) is 70.1 Å². The van der Waals surface area contributed by atoms with Crippen molar-refractivity contribution in [3.63, 3.8) is 0 Å². The maximum Gasteiger partial charge on any atom is 0.333 e. The summed E-state index contributed by atoms with van der Waals surface area (Å²) in [5, 5.41) is 40.6. The monoisotopic (exact) mass is 972 g/mol. The molecule has 330 valence electrons. The lowest BCUT2D eigenvalue weighted by atomic mass is 9.79. The molecular weight excluding hydrogens is 945 g/mol. The highest BCUT2D eigenvalue weighted by atomic mass is 32.1. The smallest absolute Gasteiger partial charge is 0.333 e. The lowest BCUT2D eigenvalue weighted by Crippen LogP contribution is -2.45. The molecule has 2 saturated carbocycles. The van der Waals surface area contributed by atoms with Gasteiger partial charge in [-0.15, -0.1) is 45.3 Å². The minimum absolute atomic E-state index is 0.0374. The molecule has 0 spiro atoms. The lowest BCUT2D eigenvalue weighted by Gasteiger charge is -2.27. The Balaban J connectivity index is 1.12. The molecule has 5 aliphatic carbocycles. The van der Waals surface area contributed by atoms with Crippen molar-refractivity contribution in [1.29, 1.82) is 21.0 Å². The third-order valence-corrected chi connectivity index (χ3v) is 17.1. The Morgan fingerprint density at radius 2 is 0.928 bits per heavy atom. The second-order valence-corrected chi connectivity index (χ2v) is 20.4. The van der Waals surface area contributed by atoms with E-state index in [1.165, 1.54) is 22.7 Å². The number of thiophene rings is 4. The van der Waals surface area contributed by atoms with Gasteiger partial charge in [-0.1, -0.05) is 85.0 Å². The molecule has 0 saturated heterocycles. The van der Waals surface area contributed by atoms with Crippen molar-refractivity contribution in [2.24, 2.45) is 9.98 Å². The van der Waals surface area contributed by atoms with Crippen LogP contribution in [0.25, 0.3) is 28.6 Å². The van der Waals surface area contributed by atoms with Crippen LogP contribution < -0.4 is 0 Å². The predicted molar refractivity (Wildman–Crippen MR) is 263 cm³/mol. The molecule has 4 heterocycles. The number of nitrogens with zero attached hydrogens (tertiary/aromatic N) is 6. The molecule has 0 radical (unpaired) electrons. The first-order valence-corrected chi connectivity index (χ1v) is 24.7. The van der Waals surface area contributed by atoms with Gasteiger partial charge in [-0.2, -0.15) is 21.0 Å². The number of hydrogen-bond acceptors (Lipinski definition) is 16. The molecular formula is C53H28N6O6S4. The summed E-state index contributed by atoms with van der Waals surface area (Å²) in [5.41, 5.74) is 1.43. The molecule has 11 rings (SSSR count). The number of esters is 2. The summed E-state index contributed by atoms with van der Waals surface area (Å²) >= 11 is 5.00. The number of fused-ring (bicyclic) bond motifs is 9. The number of aliphatic imine (C=N–C) groups is 2. The molecule has 4 aromatic heterocycles. The van der Waals surface area contributed by atoms with E-state index in [0.29, 0.717) is 109 Å². The predicted octanol–water partition coefficient (Wildman–Crippen LogP) is 11.3. The summed E-state index contributed by atoms with van der Waals surface area (Å²) in [6.45, 7) is -0.339. The van der Waals surface area contributed by atoms with Crippen LogP contribution in [-0.2, 0) is 47.3 Å². The summed E-state index contributed by atoms with van der Waals surface area (Å²) in [6, 6.07) is 29.4. The molecule has 0 N–H and O–H groups in total. The van der Waals surface area contributed by atoms with Crippen LogP contribution in [0.2, 0.25) is 0 Å². The second kappa shape index (κ2) is 17.1. The number of rotatable bonds is 8. The summed E-state index contributed by atoms with van der Waals surface area (Å²) in [7, 11) is 0. The van der Waals surface area contributed by atoms with Gasteiger partial charge in [0.05, 0.1) is 19.2 Å². The highest BCUT2D eigenvalue weighted by Crippen LogP contribution is 2.64. The quantitative estimate of drug-likeness (QED) is 0.0801. The van der Waals surface area contributed by atoms with Gasteiger partial charge in [0.25, 0.3) is 0 Å². The van der Waals surface area contributed by atoms with Crippen LogP contribution in [0.4, 0.5) is 10.0 Å². The SMILES string of the molecule is N#CC(C#N)=C1C2=CCCC=C2C(=O)C1=Nc1cc2sc3c(c2s1)C(C(=O)OCc1ccccc1)(C(=O)OCc1ccccc1)c1c-3sc2cc(N=C3C(=O)C4=CCCC=C4C3=C(C#N)C#N)sc12. The first-order valence-electron chi connectivity index (χ1n) is 21.4. The zero-order valence-electron chi connectivity index (χ0n) is 35.7. The number of benzene rings is 2. The molecule has 5 aliphatic rings. The molecule has 12 nitrogen and oxygen atoms in total. The number of nitriles is 4. The van der Waals surface area contributed by atoms with Crippen molar-refractivity contribution >= 4 is 109 Å². The highest BCUT2D eigenvalue weighted by molar-refractivity contribution is 7.36. The van der Waals surface area contributed by atoms with Crippen LogP contribution in [0, 0.1) is 45.3 Å². The van der Waals surface area contributed by atoms with Crippen LogP contribution in [0.1, 0.15) is 47.9 Å². The zero-order valence-corrected chi connectivity index (χ0v) is 39.0. The largest absolute Gasteiger partial charge is 0.459 e. The van der Waals surface area contributed by atoms with Gasteiger partial charge in [-0.25, -0.2) is 9.98 Å². The topological polar surface area (TPSA) is 207 Å². The molecule has 0 amide bonds. The average Bonchev–Trinajstić information content (AvgIpc) is 4.24. The fourth-order valence-electron chi connectivity index (χ4n) is 9.35. The third kappa shape index (κ3) is 6.76. The van der Waals surface area contributed by atoms with Crippen molar-refractivity contribution in [1.82, 2.24) is 0 Å². The fourth-order valence-corrected chi connectivity index (χ4v) is 14.7. The van der Waals surface area contributed by atoms with Gasteiger partial charge >= 0.3 is 11.9 Å². The summed E-state index contributed by atoms with van der Waals surface area (Å²) in [5.74, 6) is -2.58. The highest BCUT2D eigenvalue weighted by Gasteiger charge is 2.62. The van der Waals surface area contributed by atoms with Gasteiger partial charge in [0, 0.05) is 42.8 Å². The lowest BCUT2D eigenvalue weighted by molar-refractivity contribution is -0.164. The van der Waals surface area contributed by atoms with Crippen molar-refractivity contribution in [3.8, 4) is 34.0 Å². The van der Waals surface area contributed by atoms with Gasteiger partial charge in [0.2, 0.25) is 17.0 Å². The van der Waals surface area contributed by atoms with E-state index < -0.39 is 28.9 Å². The maximum absolute atomic E-state index is 15.5. The van der Waals surface area contributed by atoms with E-state index >= 15 is 9.59 Å². The van der Waals surface area contributed by atoms with Crippen LogP contribution in [0.3, 0.4) is 0 Å². The zero-order chi connectivity index (χ0) is 47.6. The molecule has 69 heavy (non-hydrogen) atoms. The maximum atomic E-state index is 15.5. The molecule has 6 aromatic rings. The van der Waals surface area contributed by atoms with Gasteiger partial charge in [-0.05, 0) is 60.1 Å². The Kier molecular flexibility index (Phi) is 10.8. The van der Waals surface area contributed by atoms with E-state index in [9.17, 15) is 30.6 Å². The minimum atomic E-state index is -2.21. The number of allylic oxidation sites excluding steroid dienone is 12. The Bertz CT molecular complexity index is 3520. The van der Waals surface area contributed by atoms with Crippen molar-refractivity contribution < 1.29 is 28.7 Å². The molecule has 2 aromatic carbocycles. The number of carbonyl (C=O) groups excluding carboxylic acids is 4. The minimum Gasteiger partial charge on any atom is -0.459 e. The van der Waals surface area contributed by atoms with Crippen LogP contribution >= 0.6 is 45.3 Å². The number of hydrogen-bond donors (Lipinski definition) is 0. The summed E-state index contributed by atoms with van der Waals surface area (Å²) in [4.78, 5) is 69.8. The van der Waals surface area contributed by atoms with Gasteiger partial charge < -0.3 is 9.47 Å². The Morgan fingerprint density at radius 1 is 0.551 bits per heavy atom. The molecule has 0 atom stereocenters. The number of Topliss-reactive ketones (excluding diaryl/α,β-unsaturated/α-hetero) is 2. The number of ether oxygens (including phenoxy) is 2. The molecule has 0 bridgehead atoms. The van der Waals surface area contributed by atoms with Crippen LogP contribution in [0.15, 0.2) is 152 Å². The second-order valence-electron chi connectivity index (χ2n) is 16.2. The standard InChI is InChI=1S/C53H28N6O6S4/c54-21-29(22-55)39-31-15-7-9-17-33(31)45(60)43(39)58-37-19-35-47(68-37)41-49(66-35)50-42(53(41,51(62)64-25-27-11-3-1-4-12-27)52(63)65-26-28-13-5-2-6-14-28)48-36(67-50)20-38(69-48)59-44-40(30(23-56)24-57)32-16-8-10-18-34(32)46(44)61/h1-6,11-20H,7-10,25-26H2. The Morgan fingerprint density at radius 3 is 1.30 bits per heavy atom. The number of ketones is 2. The average molecular weight is 973 g/mol. The van der Waals surface area contributed by atoms with Gasteiger partial charge in [0.15, 0.2) is 0 Å².